The number of nitrogens with zero attached hydrogens (tertiary/aromatic N) is 1. The van der Waals surface area contributed by atoms with Crippen LogP contribution in [0.4, 0.5) is 0 Å². The number of aromatic nitrogens is 1. The van der Waals surface area contributed by atoms with E-state index in [2.05, 4.69) is 18.8 Å². The summed E-state index contributed by atoms with van der Waals surface area (Å²) in [5.41, 5.74) is 4.73. The Kier molecular flexibility index (Phi) is 10.1. The molecule has 0 aliphatic heterocycles. The molecular weight excluding hydrogens is 410 g/mol. The van der Waals surface area contributed by atoms with Crippen LogP contribution >= 0.6 is 0 Å². The second-order valence-electron chi connectivity index (χ2n) is 8.38. The molecule has 0 spiro atoms. The number of rotatable bonds is 13. The molecule has 174 valence electrons. The first-order chi connectivity index (χ1) is 16.2. The minimum atomic E-state index is -0.341. The number of ether oxygens (including phenoxy) is 2. The molecule has 0 radical (unpaired) electrons. The normalized spacial score (nSPS) is 10.8. The van der Waals surface area contributed by atoms with Crippen LogP contribution in [0.2, 0.25) is 0 Å². The highest BCUT2D eigenvalue weighted by atomic mass is 16.5. The Balaban J connectivity index is 1.50. The van der Waals surface area contributed by atoms with Crippen LogP contribution in [0.15, 0.2) is 66.9 Å². The lowest BCUT2D eigenvalue weighted by Crippen LogP contribution is -2.08. The number of esters is 1. The average Bonchev–Trinajstić information content (AvgIpc) is 2.85. The van der Waals surface area contributed by atoms with E-state index in [0.717, 1.165) is 36.3 Å². The SMILES string of the molecule is CCCCCCCc1ccc(C(=O)Oc2ccc(-c3ccc(COCCC)cn3)cc2)cc1. The van der Waals surface area contributed by atoms with Gasteiger partial charge in [-0.15, -0.1) is 0 Å². The highest BCUT2D eigenvalue weighted by Crippen LogP contribution is 2.22. The van der Waals surface area contributed by atoms with Gasteiger partial charge in [-0.1, -0.05) is 57.7 Å². The van der Waals surface area contributed by atoms with Gasteiger partial charge in [0.25, 0.3) is 0 Å². The van der Waals surface area contributed by atoms with Gasteiger partial charge in [0.1, 0.15) is 5.75 Å². The van der Waals surface area contributed by atoms with Crippen molar-refractivity contribution in [2.45, 2.75) is 65.4 Å². The van der Waals surface area contributed by atoms with Crippen LogP contribution in [0.1, 0.15) is 73.9 Å². The fourth-order valence-corrected chi connectivity index (χ4v) is 3.61. The van der Waals surface area contributed by atoms with E-state index in [-0.39, 0.29) is 5.97 Å². The van der Waals surface area contributed by atoms with Gasteiger partial charge < -0.3 is 9.47 Å². The molecule has 3 aromatic rings. The third-order valence-corrected chi connectivity index (χ3v) is 5.56. The highest BCUT2D eigenvalue weighted by molar-refractivity contribution is 5.91. The average molecular weight is 446 g/mol. The quantitative estimate of drug-likeness (QED) is 0.156. The lowest BCUT2D eigenvalue weighted by molar-refractivity contribution is 0.0735. The van der Waals surface area contributed by atoms with Crippen LogP contribution in [0.3, 0.4) is 0 Å². The third kappa shape index (κ3) is 8.14. The summed E-state index contributed by atoms with van der Waals surface area (Å²) >= 11 is 0. The van der Waals surface area contributed by atoms with Gasteiger partial charge in [0.05, 0.1) is 17.9 Å². The van der Waals surface area contributed by atoms with Gasteiger partial charge in [-0.05, 0) is 72.9 Å². The Labute approximate surface area is 198 Å². The summed E-state index contributed by atoms with van der Waals surface area (Å²) in [5, 5.41) is 0. The molecule has 0 unspecified atom stereocenters. The van der Waals surface area contributed by atoms with Gasteiger partial charge in [0, 0.05) is 18.4 Å². The standard InChI is InChI=1S/C29H35NO3/c1-3-5-6-7-8-9-23-10-13-26(14-11-23)29(31)33-27-17-15-25(16-18-27)28-19-12-24(21-30-28)22-32-20-4-2/h10-19,21H,3-9,20,22H2,1-2H3. The van der Waals surface area contributed by atoms with E-state index < -0.39 is 0 Å². The van der Waals surface area contributed by atoms with E-state index in [1.54, 1.807) is 12.1 Å². The zero-order valence-corrected chi connectivity index (χ0v) is 19.9. The van der Waals surface area contributed by atoms with Crippen LogP contribution in [0.5, 0.6) is 5.75 Å². The van der Waals surface area contributed by atoms with E-state index in [9.17, 15) is 4.79 Å². The monoisotopic (exact) mass is 445 g/mol. The number of carbonyl (C=O) groups excluding carboxylic acids is 1. The number of aryl methyl sites for hydroxylation is 1. The van der Waals surface area contributed by atoms with E-state index in [0.29, 0.717) is 17.9 Å². The molecular formula is C29H35NO3. The van der Waals surface area contributed by atoms with Crippen molar-refractivity contribution in [1.82, 2.24) is 4.98 Å². The van der Waals surface area contributed by atoms with Crippen LogP contribution in [-0.2, 0) is 17.8 Å². The largest absolute Gasteiger partial charge is 0.423 e. The van der Waals surface area contributed by atoms with Crippen LogP contribution in [0.25, 0.3) is 11.3 Å². The molecule has 0 saturated carbocycles. The number of benzene rings is 2. The van der Waals surface area contributed by atoms with Gasteiger partial charge in [-0.25, -0.2) is 4.79 Å². The second kappa shape index (κ2) is 13.5. The van der Waals surface area contributed by atoms with Crippen LogP contribution in [-0.4, -0.2) is 17.6 Å². The zero-order valence-electron chi connectivity index (χ0n) is 19.9. The smallest absolute Gasteiger partial charge is 0.343 e. The van der Waals surface area contributed by atoms with Gasteiger partial charge in [-0.2, -0.15) is 0 Å². The molecule has 0 amide bonds. The third-order valence-electron chi connectivity index (χ3n) is 5.56. The minimum absolute atomic E-state index is 0.341. The van der Waals surface area contributed by atoms with Crippen molar-refractivity contribution in [3.63, 3.8) is 0 Å². The van der Waals surface area contributed by atoms with Crippen molar-refractivity contribution in [2.75, 3.05) is 6.61 Å². The molecule has 3 rings (SSSR count). The van der Waals surface area contributed by atoms with Crippen molar-refractivity contribution >= 4 is 5.97 Å². The number of hydrogen-bond donors (Lipinski definition) is 0. The number of unbranched alkanes of at least 4 members (excludes halogenated alkanes) is 4. The number of pyridine rings is 1. The molecule has 0 fully saturated rings. The minimum Gasteiger partial charge on any atom is -0.423 e. The second-order valence-corrected chi connectivity index (χ2v) is 8.38. The summed E-state index contributed by atoms with van der Waals surface area (Å²) in [6, 6.07) is 19.2. The van der Waals surface area contributed by atoms with Crippen molar-refractivity contribution in [3.05, 3.63) is 83.6 Å². The highest BCUT2D eigenvalue weighted by Gasteiger charge is 2.09. The molecule has 0 aliphatic rings. The van der Waals surface area contributed by atoms with Crippen molar-refractivity contribution in [1.29, 1.82) is 0 Å². The number of hydrogen-bond acceptors (Lipinski definition) is 4. The Morgan fingerprint density at radius 3 is 2.18 bits per heavy atom. The number of carbonyl (C=O) groups is 1. The summed E-state index contributed by atoms with van der Waals surface area (Å²) in [6.07, 6.45) is 10.2. The van der Waals surface area contributed by atoms with E-state index in [1.807, 2.05) is 54.7 Å². The first-order valence-corrected chi connectivity index (χ1v) is 12.1. The molecule has 2 aromatic carbocycles. The molecule has 0 bridgehead atoms. The van der Waals surface area contributed by atoms with E-state index in [4.69, 9.17) is 9.47 Å². The molecule has 0 N–H and O–H groups in total. The summed E-state index contributed by atoms with van der Waals surface area (Å²) in [5.74, 6) is 0.181. The van der Waals surface area contributed by atoms with Gasteiger partial charge in [0.15, 0.2) is 0 Å². The lowest BCUT2D eigenvalue weighted by Gasteiger charge is -2.08. The molecule has 4 heteroatoms. The van der Waals surface area contributed by atoms with Crippen LogP contribution < -0.4 is 4.74 Å². The zero-order chi connectivity index (χ0) is 23.3. The predicted octanol–water partition coefficient (Wildman–Crippen LogP) is 7.41. The van der Waals surface area contributed by atoms with Gasteiger partial charge >= 0.3 is 5.97 Å². The maximum absolute atomic E-state index is 12.5. The first kappa shape index (κ1) is 24.7. The van der Waals surface area contributed by atoms with Gasteiger partial charge in [0.2, 0.25) is 0 Å². The molecule has 4 nitrogen and oxygen atoms in total. The lowest BCUT2D eigenvalue weighted by atomic mass is 10.0. The molecule has 1 heterocycles. The van der Waals surface area contributed by atoms with Gasteiger partial charge in [-0.3, -0.25) is 4.98 Å². The Hall–Kier alpha value is -2.98. The van der Waals surface area contributed by atoms with Crippen molar-refractivity contribution in [2.24, 2.45) is 0 Å². The molecule has 0 aliphatic carbocycles. The Morgan fingerprint density at radius 2 is 1.52 bits per heavy atom. The summed E-state index contributed by atoms with van der Waals surface area (Å²) < 4.78 is 11.1. The summed E-state index contributed by atoms with van der Waals surface area (Å²) in [7, 11) is 0. The molecule has 33 heavy (non-hydrogen) atoms. The first-order valence-electron chi connectivity index (χ1n) is 12.1. The van der Waals surface area contributed by atoms with Crippen molar-refractivity contribution in [3.8, 4) is 17.0 Å². The fraction of sp³-hybridized carbons (Fsp3) is 0.379. The molecule has 0 atom stereocenters. The summed E-state index contributed by atoms with van der Waals surface area (Å²) in [4.78, 5) is 17.0. The Morgan fingerprint density at radius 1 is 0.788 bits per heavy atom. The maximum Gasteiger partial charge on any atom is 0.343 e. The van der Waals surface area contributed by atoms with E-state index in [1.165, 1.54) is 37.7 Å². The predicted molar refractivity (Wildman–Crippen MR) is 133 cm³/mol. The van der Waals surface area contributed by atoms with Crippen molar-refractivity contribution < 1.29 is 14.3 Å². The maximum atomic E-state index is 12.5. The van der Waals surface area contributed by atoms with E-state index >= 15 is 0 Å². The van der Waals surface area contributed by atoms with Crippen LogP contribution in [0, 0.1) is 0 Å². The Bertz CT molecular complexity index is 963. The topological polar surface area (TPSA) is 48.4 Å². The fourth-order valence-electron chi connectivity index (χ4n) is 3.61. The molecule has 0 saturated heterocycles. The molecule has 1 aromatic heterocycles. The summed E-state index contributed by atoms with van der Waals surface area (Å²) in [6.45, 7) is 5.66.